The molecule has 0 aromatic carbocycles. The molecule has 2 atom stereocenters. The van der Waals surface area contributed by atoms with Crippen LogP contribution in [0.3, 0.4) is 0 Å². The third-order valence-corrected chi connectivity index (χ3v) is 9.97. The Hall–Kier alpha value is -6.94. The van der Waals surface area contributed by atoms with E-state index < -0.39 is 0 Å². The predicted molar refractivity (Wildman–Crippen MR) is 192 cm³/mol. The van der Waals surface area contributed by atoms with Crippen molar-refractivity contribution in [2.45, 2.75) is 37.5 Å². The molecule has 256 valence electrons. The Kier molecular flexibility index (Phi) is 7.81. The third kappa shape index (κ3) is 5.56. The van der Waals surface area contributed by atoms with Crippen molar-refractivity contribution >= 4 is 45.3 Å². The molecule has 2 N–H and O–H groups in total. The van der Waals surface area contributed by atoms with Gasteiger partial charge in [0.05, 0.1) is 48.2 Å². The molecule has 0 amide bonds. The van der Waals surface area contributed by atoms with Gasteiger partial charge in [0.15, 0.2) is 34.0 Å². The Bertz CT molecular complexity index is 2420. The molecule has 8 aromatic rings. The van der Waals surface area contributed by atoms with Gasteiger partial charge in [-0.15, -0.1) is 0 Å². The topological polar surface area (TPSA) is 198 Å². The van der Waals surface area contributed by atoms with Gasteiger partial charge in [-0.05, 0) is 37.8 Å². The van der Waals surface area contributed by atoms with Gasteiger partial charge < -0.3 is 19.8 Å². The van der Waals surface area contributed by atoms with Crippen LogP contribution in [0.25, 0.3) is 33.6 Å². The molecule has 2 aliphatic rings. The van der Waals surface area contributed by atoms with Crippen molar-refractivity contribution in [3.63, 3.8) is 0 Å². The van der Waals surface area contributed by atoms with Crippen molar-refractivity contribution in [3.05, 3.63) is 96.9 Å². The van der Waals surface area contributed by atoms with E-state index in [4.69, 9.17) is 10.5 Å². The molecule has 10 heterocycles. The first-order valence-electron chi connectivity index (χ1n) is 17.2. The van der Waals surface area contributed by atoms with Crippen molar-refractivity contribution in [1.29, 1.82) is 10.5 Å². The normalized spacial score (nSPS) is 17.7. The minimum Gasteiger partial charge on any atom is -0.355 e. The van der Waals surface area contributed by atoms with E-state index in [0.717, 1.165) is 97.1 Å². The average Bonchev–Trinajstić information content (AvgIpc) is 4.04. The van der Waals surface area contributed by atoms with E-state index in [1.54, 1.807) is 24.8 Å². The van der Waals surface area contributed by atoms with Crippen LogP contribution in [0.4, 0.5) is 11.6 Å². The van der Waals surface area contributed by atoms with Gasteiger partial charge in [-0.2, -0.15) is 10.5 Å². The summed E-state index contributed by atoms with van der Waals surface area (Å²) >= 11 is 0. The second-order valence-electron chi connectivity index (χ2n) is 13.0. The first-order chi connectivity index (χ1) is 25.7. The minimum atomic E-state index is 0.339. The number of fused-ring (bicyclic) bond motifs is 6. The number of nitriles is 2. The number of aromatic nitrogens is 12. The standard InChI is InChI=1S/2C18H16N8/c2*19-6-13-7-22-16(9-21-13)25-5-1-2-12(11-25)15-8-23-17-10-24-18-14(26(15)17)3-4-20-18/h2*3-4,7-10,12,20H,1-2,5,11H2/t2*12-/m10/s1. The zero-order valence-corrected chi connectivity index (χ0v) is 28.0. The molecule has 8 aromatic heterocycles. The minimum absolute atomic E-state index is 0.339. The van der Waals surface area contributed by atoms with E-state index in [1.807, 2.05) is 49.1 Å². The van der Waals surface area contributed by atoms with E-state index in [0.29, 0.717) is 23.2 Å². The predicted octanol–water partition coefficient (Wildman–Crippen LogP) is 4.51. The Morgan fingerprint density at radius 2 is 1.04 bits per heavy atom. The molecular formula is C36H32N16. The fourth-order valence-corrected chi connectivity index (χ4v) is 7.50. The molecule has 52 heavy (non-hydrogen) atoms. The molecule has 16 heteroatoms. The van der Waals surface area contributed by atoms with Crippen molar-refractivity contribution < 1.29 is 0 Å². The van der Waals surface area contributed by atoms with Gasteiger partial charge in [-0.1, -0.05) is 0 Å². The van der Waals surface area contributed by atoms with Crippen LogP contribution in [-0.2, 0) is 0 Å². The molecule has 0 spiro atoms. The van der Waals surface area contributed by atoms with Gasteiger partial charge >= 0.3 is 0 Å². The lowest BCUT2D eigenvalue weighted by Gasteiger charge is -2.33. The van der Waals surface area contributed by atoms with Crippen molar-refractivity contribution in [1.82, 2.24) is 58.6 Å². The number of hydrogen-bond acceptors (Lipinski definition) is 12. The van der Waals surface area contributed by atoms with Crippen LogP contribution in [0.5, 0.6) is 0 Å². The molecule has 0 aliphatic carbocycles. The summed E-state index contributed by atoms with van der Waals surface area (Å²) in [7, 11) is 0. The van der Waals surface area contributed by atoms with Crippen molar-refractivity contribution in [2.24, 2.45) is 0 Å². The largest absolute Gasteiger partial charge is 0.355 e. The Morgan fingerprint density at radius 3 is 1.46 bits per heavy atom. The summed E-state index contributed by atoms with van der Waals surface area (Å²) in [5.74, 6) is 2.32. The van der Waals surface area contributed by atoms with E-state index in [-0.39, 0.29) is 0 Å². The number of nitrogens with one attached hydrogen (secondary N) is 2. The smallest absolute Gasteiger partial charge is 0.158 e. The fraction of sp³-hybridized carbons (Fsp3) is 0.278. The van der Waals surface area contributed by atoms with Crippen LogP contribution < -0.4 is 9.80 Å². The quantitative estimate of drug-likeness (QED) is 0.263. The summed E-state index contributed by atoms with van der Waals surface area (Å²) in [6.07, 6.45) is 22.1. The molecule has 2 fully saturated rings. The van der Waals surface area contributed by atoms with Gasteiger partial charge in [0.1, 0.15) is 23.8 Å². The highest BCUT2D eigenvalue weighted by molar-refractivity contribution is 5.75. The molecule has 0 unspecified atom stereocenters. The Morgan fingerprint density at radius 1 is 0.558 bits per heavy atom. The van der Waals surface area contributed by atoms with E-state index in [9.17, 15) is 0 Å². The molecule has 2 aliphatic heterocycles. The number of imidazole rings is 2. The Labute approximate surface area is 296 Å². The van der Waals surface area contributed by atoms with Gasteiger partial charge in [0, 0.05) is 74.2 Å². The van der Waals surface area contributed by atoms with Gasteiger partial charge in [-0.25, -0.2) is 39.9 Å². The maximum absolute atomic E-state index is 8.89. The molecule has 0 radical (unpaired) electrons. The number of anilines is 2. The molecule has 2 saturated heterocycles. The van der Waals surface area contributed by atoms with Gasteiger partial charge in [0.25, 0.3) is 0 Å². The molecular weight excluding hydrogens is 657 g/mol. The highest BCUT2D eigenvalue weighted by Gasteiger charge is 2.27. The summed E-state index contributed by atoms with van der Waals surface area (Å²) in [4.78, 5) is 45.8. The zero-order valence-electron chi connectivity index (χ0n) is 28.0. The maximum atomic E-state index is 8.89. The van der Waals surface area contributed by atoms with Crippen LogP contribution in [0.2, 0.25) is 0 Å². The first-order valence-corrected chi connectivity index (χ1v) is 17.2. The third-order valence-electron chi connectivity index (χ3n) is 9.97. The molecule has 0 saturated carbocycles. The second-order valence-corrected chi connectivity index (χ2v) is 13.0. The zero-order chi connectivity index (χ0) is 35.0. The highest BCUT2D eigenvalue weighted by atomic mass is 15.2. The van der Waals surface area contributed by atoms with Gasteiger partial charge in [-0.3, -0.25) is 8.80 Å². The van der Waals surface area contributed by atoms with Crippen molar-refractivity contribution in [2.75, 3.05) is 36.0 Å². The number of hydrogen-bond donors (Lipinski definition) is 2. The number of H-pyrrole nitrogens is 2. The van der Waals surface area contributed by atoms with E-state index in [2.05, 4.69) is 68.4 Å². The van der Waals surface area contributed by atoms with Gasteiger partial charge in [0.2, 0.25) is 0 Å². The monoisotopic (exact) mass is 688 g/mol. The number of nitrogens with zero attached hydrogens (tertiary/aromatic N) is 14. The fourth-order valence-electron chi connectivity index (χ4n) is 7.50. The van der Waals surface area contributed by atoms with Crippen LogP contribution in [0, 0.1) is 22.7 Å². The van der Waals surface area contributed by atoms with Crippen molar-refractivity contribution in [3.8, 4) is 12.1 Å². The number of aromatic amines is 2. The summed E-state index contributed by atoms with van der Waals surface area (Å²) in [5.41, 5.74) is 8.61. The summed E-state index contributed by atoms with van der Waals surface area (Å²) in [6, 6.07) is 8.09. The molecule has 0 bridgehead atoms. The SMILES string of the molecule is N#Cc1cnc(N2CCC[C@@H](c3cnc4cnc5[nH]ccc5n34)C2)cn1.N#Cc1cnc(N2CCC[C@H](c3cnc4cnc5[nH]ccc5n34)C2)cn1. The average molecular weight is 689 g/mol. The van der Waals surface area contributed by atoms with Crippen LogP contribution in [0.1, 0.15) is 60.3 Å². The molecule has 10 rings (SSSR count). The highest BCUT2D eigenvalue weighted by Crippen LogP contribution is 2.32. The lowest BCUT2D eigenvalue weighted by atomic mass is 9.95. The lowest BCUT2D eigenvalue weighted by molar-refractivity contribution is 0.497. The second kappa shape index (κ2) is 13.1. The maximum Gasteiger partial charge on any atom is 0.158 e. The number of rotatable bonds is 4. The van der Waals surface area contributed by atoms with Crippen LogP contribution in [-0.4, -0.2) is 84.8 Å². The van der Waals surface area contributed by atoms with Crippen LogP contribution >= 0.6 is 0 Å². The summed E-state index contributed by atoms with van der Waals surface area (Å²) in [5, 5.41) is 17.8. The molecule has 16 nitrogen and oxygen atoms in total. The summed E-state index contributed by atoms with van der Waals surface area (Å²) < 4.78 is 4.38. The van der Waals surface area contributed by atoms with E-state index >= 15 is 0 Å². The Balaban J connectivity index is 0.000000138. The number of piperidine rings is 2. The van der Waals surface area contributed by atoms with Crippen LogP contribution in [0.15, 0.2) is 74.1 Å². The lowest BCUT2D eigenvalue weighted by Crippen LogP contribution is -2.35. The van der Waals surface area contributed by atoms with E-state index in [1.165, 1.54) is 23.8 Å². The first kappa shape index (κ1) is 31.1. The summed E-state index contributed by atoms with van der Waals surface area (Å²) in [6.45, 7) is 3.58.